The summed E-state index contributed by atoms with van der Waals surface area (Å²) in [6.07, 6.45) is 3.85. The van der Waals surface area contributed by atoms with Crippen molar-refractivity contribution >= 4 is 16.0 Å². The van der Waals surface area contributed by atoms with Crippen LogP contribution in [0.1, 0.15) is 31.2 Å². The van der Waals surface area contributed by atoms with Crippen LogP contribution in [0.25, 0.3) is 0 Å². The SMILES string of the molecule is O=C(O)Cc1ccc(S(=O)(=O)N2CCCCCC2)cc1. The number of carbonyl (C=O) groups is 1. The minimum Gasteiger partial charge on any atom is -0.481 e. The van der Waals surface area contributed by atoms with Gasteiger partial charge in [0.2, 0.25) is 10.0 Å². The molecule has 6 heteroatoms. The van der Waals surface area contributed by atoms with Crippen LogP contribution in [-0.4, -0.2) is 36.9 Å². The minimum atomic E-state index is -3.44. The molecule has 0 spiro atoms. The minimum absolute atomic E-state index is 0.0932. The molecule has 1 N–H and O–H groups in total. The molecule has 0 amide bonds. The second kappa shape index (κ2) is 6.37. The summed E-state index contributed by atoms with van der Waals surface area (Å²) in [4.78, 5) is 10.9. The maximum Gasteiger partial charge on any atom is 0.307 e. The predicted molar refractivity (Wildman–Crippen MR) is 75.0 cm³/mol. The molecule has 1 aromatic rings. The Morgan fingerprint density at radius 3 is 2.10 bits per heavy atom. The van der Waals surface area contributed by atoms with Gasteiger partial charge < -0.3 is 5.11 Å². The van der Waals surface area contributed by atoms with Crippen LogP contribution in [0.4, 0.5) is 0 Å². The average molecular weight is 297 g/mol. The van der Waals surface area contributed by atoms with Crippen LogP contribution in [0.5, 0.6) is 0 Å². The zero-order valence-corrected chi connectivity index (χ0v) is 12.1. The highest BCUT2D eigenvalue weighted by Gasteiger charge is 2.24. The van der Waals surface area contributed by atoms with E-state index in [0.29, 0.717) is 18.7 Å². The maximum absolute atomic E-state index is 12.5. The third kappa shape index (κ3) is 3.58. The lowest BCUT2D eigenvalue weighted by molar-refractivity contribution is -0.136. The molecule has 0 radical (unpaired) electrons. The predicted octanol–water partition coefficient (Wildman–Crippen LogP) is 1.88. The highest BCUT2D eigenvalue weighted by molar-refractivity contribution is 7.89. The summed E-state index contributed by atoms with van der Waals surface area (Å²) in [6.45, 7) is 1.14. The van der Waals surface area contributed by atoms with Crippen molar-refractivity contribution in [3.8, 4) is 0 Å². The first-order valence-electron chi connectivity index (χ1n) is 6.81. The van der Waals surface area contributed by atoms with Gasteiger partial charge in [0.05, 0.1) is 11.3 Å². The molecule has 20 heavy (non-hydrogen) atoms. The van der Waals surface area contributed by atoms with Crippen molar-refractivity contribution in [1.29, 1.82) is 0 Å². The molecule has 1 aliphatic heterocycles. The molecule has 0 atom stereocenters. The van der Waals surface area contributed by atoms with Crippen molar-refractivity contribution in [2.24, 2.45) is 0 Å². The van der Waals surface area contributed by atoms with Gasteiger partial charge in [-0.2, -0.15) is 4.31 Å². The summed E-state index contributed by atoms with van der Waals surface area (Å²) in [5, 5.41) is 8.70. The van der Waals surface area contributed by atoms with E-state index in [0.717, 1.165) is 25.7 Å². The zero-order valence-electron chi connectivity index (χ0n) is 11.3. The van der Waals surface area contributed by atoms with Crippen LogP contribution in [0.15, 0.2) is 29.2 Å². The smallest absolute Gasteiger partial charge is 0.307 e. The first kappa shape index (κ1) is 15.0. The molecule has 1 saturated heterocycles. The van der Waals surface area contributed by atoms with Gasteiger partial charge in [-0.3, -0.25) is 4.79 Å². The van der Waals surface area contributed by atoms with Crippen LogP contribution in [0.3, 0.4) is 0 Å². The normalized spacial score (nSPS) is 17.6. The Morgan fingerprint density at radius 1 is 1.05 bits per heavy atom. The lowest BCUT2D eigenvalue weighted by atomic mass is 10.2. The van der Waals surface area contributed by atoms with Crippen molar-refractivity contribution in [1.82, 2.24) is 4.31 Å². The average Bonchev–Trinajstić information content (AvgIpc) is 2.68. The highest BCUT2D eigenvalue weighted by atomic mass is 32.2. The Labute approximate surface area is 119 Å². The number of carboxylic acids is 1. The number of nitrogens with zero attached hydrogens (tertiary/aromatic N) is 1. The molecule has 0 aromatic heterocycles. The second-order valence-corrected chi connectivity index (χ2v) is 6.97. The molecule has 2 rings (SSSR count). The van der Waals surface area contributed by atoms with Gasteiger partial charge in [-0.25, -0.2) is 8.42 Å². The molecule has 5 nitrogen and oxygen atoms in total. The Hall–Kier alpha value is -1.40. The molecular formula is C14H19NO4S. The third-order valence-electron chi connectivity index (χ3n) is 3.48. The van der Waals surface area contributed by atoms with E-state index in [1.807, 2.05) is 0 Å². The van der Waals surface area contributed by atoms with Gasteiger partial charge in [-0.1, -0.05) is 25.0 Å². The van der Waals surface area contributed by atoms with Crippen molar-refractivity contribution in [2.45, 2.75) is 37.0 Å². The number of sulfonamides is 1. The van der Waals surface area contributed by atoms with Gasteiger partial charge >= 0.3 is 5.97 Å². The molecule has 0 saturated carbocycles. The van der Waals surface area contributed by atoms with Gasteiger partial charge in [0.15, 0.2) is 0 Å². The fourth-order valence-corrected chi connectivity index (χ4v) is 3.90. The molecule has 0 unspecified atom stereocenters. The molecule has 1 fully saturated rings. The second-order valence-electron chi connectivity index (χ2n) is 5.03. The Bertz CT molecular complexity index is 557. The third-order valence-corrected chi connectivity index (χ3v) is 5.39. The van der Waals surface area contributed by atoms with E-state index >= 15 is 0 Å². The van der Waals surface area contributed by atoms with E-state index in [2.05, 4.69) is 0 Å². The number of aliphatic carboxylic acids is 1. The lowest BCUT2D eigenvalue weighted by Gasteiger charge is -2.19. The summed E-state index contributed by atoms with van der Waals surface area (Å²) in [6, 6.07) is 6.13. The van der Waals surface area contributed by atoms with Crippen LogP contribution in [-0.2, 0) is 21.2 Å². The number of carboxylic acid groups (broad SMARTS) is 1. The van der Waals surface area contributed by atoms with E-state index < -0.39 is 16.0 Å². The van der Waals surface area contributed by atoms with Crippen LogP contribution < -0.4 is 0 Å². The molecular weight excluding hydrogens is 278 g/mol. The van der Waals surface area contributed by atoms with E-state index in [-0.39, 0.29) is 11.3 Å². The molecule has 1 aromatic carbocycles. The summed E-state index contributed by atoms with van der Waals surface area (Å²) >= 11 is 0. The lowest BCUT2D eigenvalue weighted by Crippen LogP contribution is -2.31. The Kier molecular flexibility index (Phi) is 4.77. The largest absolute Gasteiger partial charge is 0.481 e. The molecule has 110 valence electrons. The van der Waals surface area contributed by atoms with Gasteiger partial charge in [-0.05, 0) is 30.5 Å². The zero-order chi connectivity index (χ0) is 14.6. The number of rotatable bonds is 4. The Balaban J connectivity index is 2.18. The number of hydrogen-bond acceptors (Lipinski definition) is 3. The Morgan fingerprint density at radius 2 is 1.60 bits per heavy atom. The fourth-order valence-electron chi connectivity index (χ4n) is 2.38. The first-order valence-corrected chi connectivity index (χ1v) is 8.25. The van der Waals surface area contributed by atoms with Gasteiger partial charge in [0.1, 0.15) is 0 Å². The van der Waals surface area contributed by atoms with Crippen molar-refractivity contribution in [2.75, 3.05) is 13.1 Å². The maximum atomic E-state index is 12.5. The van der Waals surface area contributed by atoms with Gasteiger partial charge in [0, 0.05) is 13.1 Å². The van der Waals surface area contributed by atoms with Gasteiger partial charge in [-0.15, -0.1) is 0 Å². The monoisotopic (exact) mass is 297 g/mol. The summed E-state index contributed by atoms with van der Waals surface area (Å²) < 4.78 is 26.5. The molecule has 0 aliphatic carbocycles. The number of hydrogen-bond donors (Lipinski definition) is 1. The van der Waals surface area contributed by atoms with E-state index in [1.165, 1.54) is 16.4 Å². The van der Waals surface area contributed by atoms with Crippen LogP contribution >= 0.6 is 0 Å². The first-order chi connectivity index (χ1) is 9.50. The highest BCUT2D eigenvalue weighted by Crippen LogP contribution is 2.20. The summed E-state index contributed by atoms with van der Waals surface area (Å²) in [5.74, 6) is -0.923. The molecule has 0 bridgehead atoms. The summed E-state index contributed by atoms with van der Waals surface area (Å²) in [7, 11) is -3.44. The topological polar surface area (TPSA) is 74.7 Å². The van der Waals surface area contributed by atoms with Crippen molar-refractivity contribution in [3.63, 3.8) is 0 Å². The molecule has 1 aliphatic rings. The summed E-state index contributed by atoms with van der Waals surface area (Å²) in [5.41, 5.74) is 0.604. The quantitative estimate of drug-likeness (QED) is 0.920. The van der Waals surface area contributed by atoms with Crippen molar-refractivity contribution < 1.29 is 18.3 Å². The van der Waals surface area contributed by atoms with E-state index in [1.54, 1.807) is 12.1 Å². The molecule has 1 heterocycles. The van der Waals surface area contributed by atoms with Crippen LogP contribution in [0.2, 0.25) is 0 Å². The van der Waals surface area contributed by atoms with Gasteiger partial charge in [0.25, 0.3) is 0 Å². The standard InChI is InChI=1S/C14H19NO4S/c16-14(17)11-12-5-7-13(8-6-12)20(18,19)15-9-3-1-2-4-10-15/h5-8H,1-4,9-11H2,(H,16,17). The number of benzene rings is 1. The fraction of sp³-hybridized carbons (Fsp3) is 0.500. The van der Waals surface area contributed by atoms with E-state index in [9.17, 15) is 13.2 Å². The van der Waals surface area contributed by atoms with Crippen LogP contribution in [0, 0.1) is 0 Å². The van der Waals surface area contributed by atoms with Crippen molar-refractivity contribution in [3.05, 3.63) is 29.8 Å². The van der Waals surface area contributed by atoms with E-state index in [4.69, 9.17) is 5.11 Å².